The highest BCUT2D eigenvalue weighted by molar-refractivity contribution is 5.91. The lowest BCUT2D eigenvalue weighted by molar-refractivity contribution is -0.156. The van der Waals surface area contributed by atoms with Crippen molar-refractivity contribution in [3.63, 3.8) is 0 Å². The van der Waals surface area contributed by atoms with Gasteiger partial charge in [0.1, 0.15) is 5.60 Å². The fourth-order valence-electron chi connectivity index (χ4n) is 6.08. The molecule has 0 saturated heterocycles. The van der Waals surface area contributed by atoms with Crippen molar-refractivity contribution in [2.75, 3.05) is 42.7 Å². The molecule has 0 radical (unpaired) electrons. The molecule has 9 heteroatoms. The van der Waals surface area contributed by atoms with Crippen LogP contribution in [0.1, 0.15) is 54.8 Å². The van der Waals surface area contributed by atoms with Crippen LogP contribution in [0.2, 0.25) is 0 Å². The van der Waals surface area contributed by atoms with Gasteiger partial charge in [-0.25, -0.2) is 4.79 Å². The van der Waals surface area contributed by atoms with Crippen molar-refractivity contribution in [3.8, 4) is 45.6 Å². The van der Waals surface area contributed by atoms with Gasteiger partial charge in [0.15, 0.2) is 29.1 Å². The Balaban J connectivity index is 2.22. The average Bonchev–Trinajstić information content (AvgIpc) is 3.01. The molecule has 1 aliphatic carbocycles. The van der Waals surface area contributed by atoms with Gasteiger partial charge in [-0.05, 0) is 42.7 Å². The van der Waals surface area contributed by atoms with Gasteiger partial charge in [-0.3, -0.25) is 0 Å². The molecule has 0 saturated carbocycles. The maximum Gasteiger partial charge on any atom is 0.338 e. The number of fused-ring (bicyclic) bond motifs is 3. The molecule has 0 amide bonds. The third-order valence-electron chi connectivity index (χ3n) is 8.32. The summed E-state index contributed by atoms with van der Waals surface area (Å²) in [6.07, 6.45) is -0.526. The van der Waals surface area contributed by atoms with Crippen molar-refractivity contribution >= 4 is 5.97 Å². The Morgan fingerprint density at radius 3 is 1.81 bits per heavy atom. The van der Waals surface area contributed by atoms with Crippen LogP contribution in [-0.2, 0) is 11.2 Å². The number of hydrogen-bond donors (Lipinski definition) is 1. The van der Waals surface area contributed by atoms with Crippen molar-refractivity contribution < 1.29 is 43.1 Å². The molecule has 0 fully saturated rings. The molecule has 1 aliphatic rings. The zero-order valence-corrected chi connectivity index (χ0v) is 25.7. The Labute approximate surface area is 247 Å². The first-order valence-corrected chi connectivity index (χ1v) is 13.7. The SMILES string of the molecule is CC[C@@]1(O)C(OC(=O)c2ccccc2)c2cc(OC)c(OC)c(OC)c2-c2c(cc(OC)c(OC)c2OC)CC1(C)C. The first kappa shape index (κ1) is 30.8. The van der Waals surface area contributed by atoms with E-state index < -0.39 is 23.1 Å². The zero-order chi connectivity index (χ0) is 30.8. The Morgan fingerprint density at radius 1 is 0.786 bits per heavy atom. The topological polar surface area (TPSA) is 102 Å². The van der Waals surface area contributed by atoms with Crippen LogP contribution in [0.4, 0.5) is 0 Å². The van der Waals surface area contributed by atoms with Crippen molar-refractivity contribution in [2.45, 2.75) is 45.3 Å². The summed E-state index contributed by atoms with van der Waals surface area (Å²) in [5, 5.41) is 12.7. The summed E-state index contributed by atoms with van der Waals surface area (Å²) in [6.45, 7) is 5.78. The van der Waals surface area contributed by atoms with Crippen molar-refractivity contribution in [1.29, 1.82) is 0 Å². The van der Waals surface area contributed by atoms with Crippen LogP contribution in [-0.4, -0.2) is 59.3 Å². The second-order valence-electron chi connectivity index (χ2n) is 10.8. The fraction of sp³-hybridized carbons (Fsp3) is 0.424. The normalized spacial score (nSPS) is 18.9. The van der Waals surface area contributed by atoms with Gasteiger partial charge in [0.05, 0.1) is 48.2 Å². The van der Waals surface area contributed by atoms with E-state index in [2.05, 4.69) is 0 Å². The molecular formula is C33H40O9. The lowest BCUT2D eigenvalue weighted by Gasteiger charge is -2.49. The van der Waals surface area contributed by atoms with Crippen LogP contribution in [0.5, 0.6) is 34.5 Å². The van der Waals surface area contributed by atoms with E-state index in [0.29, 0.717) is 63.2 Å². The predicted octanol–water partition coefficient (Wildman–Crippen LogP) is 6.03. The molecule has 2 atom stereocenters. The molecular weight excluding hydrogens is 540 g/mol. The van der Waals surface area contributed by atoms with E-state index in [0.717, 1.165) is 5.56 Å². The summed E-state index contributed by atoms with van der Waals surface area (Å²) in [6, 6.07) is 12.3. The summed E-state index contributed by atoms with van der Waals surface area (Å²) in [5.41, 5.74) is 0.384. The molecule has 3 aromatic rings. The first-order chi connectivity index (χ1) is 20.1. The van der Waals surface area contributed by atoms with E-state index in [4.69, 9.17) is 33.2 Å². The number of aliphatic hydroxyl groups is 1. The van der Waals surface area contributed by atoms with Crippen molar-refractivity contribution in [1.82, 2.24) is 0 Å². The molecule has 42 heavy (non-hydrogen) atoms. The highest BCUT2D eigenvalue weighted by atomic mass is 16.6. The smallest absolute Gasteiger partial charge is 0.338 e. The van der Waals surface area contributed by atoms with E-state index in [1.54, 1.807) is 44.6 Å². The molecule has 0 spiro atoms. The Kier molecular flexibility index (Phi) is 8.82. The molecule has 0 aliphatic heterocycles. The van der Waals surface area contributed by atoms with Gasteiger partial charge in [-0.2, -0.15) is 0 Å². The monoisotopic (exact) mass is 580 g/mol. The largest absolute Gasteiger partial charge is 0.493 e. The van der Waals surface area contributed by atoms with Crippen LogP contribution in [0, 0.1) is 5.41 Å². The Bertz CT molecular complexity index is 1450. The summed E-state index contributed by atoms with van der Waals surface area (Å²) in [4.78, 5) is 13.6. The molecule has 3 aromatic carbocycles. The standard InChI is InChI=1S/C33H40O9/c1-10-33(35)30(42-31(34)19-14-12-11-13-15-19)21-17-23(37-5)27(39-7)29(41-9)25(21)24-20(18-32(33,2)3)16-22(36-4)26(38-6)28(24)40-8/h11-17,30,35H,10,18H2,1-9H3/t30?,33-/m1/s1. The molecule has 0 aromatic heterocycles. The number of ether oxygens (including phenoxy) is 7. The Morgan fingerprint density at radius 2 is 1.31 bits per heavy atom. The highest BCUT2D eigenvalue weighted by Crippen LogP contribution is 2.60. The first-order valence-electron chi connectivity index (χ1n) is 13.7. The van der Waals surface area contributed by atoms with Gasteiger partial charge in [0, 0.05) is 22.1 Å². The third-order valence-corrected chi connectivity index (χ3v) is 8.32. The molecule has 226 valence electrons. The summed E-state index contributed by atoms with van der Waals surface area (Å²) in [7, 11) is 9.18. The summed E-state index contributed by atoms with van der Waals surface area (Å²) < 4.78 is 41.3. The second kappa shape index (κ2) is 12.0. The quantitative estimate of drug-likeness (QED) is 0.304. The number of esters is 1. The number of carbonyl (C=O) groups excluding carboxylic acids is 1. The van der Waals surface area contributed by atoms with E-state index in [9.17, 15) is 9.90 Å². The number of benzene rings is 3. The van der Waals surface area contributed by atoms with Crippen LogP contribution >= 0.6 is 0 Å². The van der Waals surface area contributed by atoms with Gasteiger partial charge in [-0.15, -0.1) is 0 Å². The Hall–Kier alpha value is -4.11. The molecule has 0 heterocycles. The highest BCUT2D eigenvalue weighted by Gasteiger charge is 2.54. The zero-order valence-electron chi connectivity index (χ0n) is 25.7. The van der Waals surface area contributed by atoms with Gasteiger partial charge < -0.3 is 38.3 Å². The number of carbonyl (C=O) groups is 1. The third kappa shape index (κ3) is 4.85. The van der Waals surface area contributed by atoms with Gasteiger partial charge in [0.25, 0.3) is 0 Å². The molecule has 9 nitrogen and oxygen atoms in total. The molecule has 1 N–H and O–H groups in total. The molecule has 0 bridgehead atoms. The summed E-state index contributed by atoms with van der Waals surface area (Å²) >= 11 is 0. The fourth-order valence-corrected chi connectivity index (χ4v) is 6.08. The lowest BCUT2D eigenvalue weighted by atomic mass is 9.62. The second-order valence-corrected chi connectivity index (χ2v) is 10.8. The van der Waals surface area contributed by atoms with E-state index in [-0.39, 0.29) is 6.42 Å². The van der Waals surface area contributed by atoms with E-state index in [1.165, 1.54) is 28.4 Å². The lowest BCUT2D eigenvalue weighted by Crippen LogP contribution is -2.52. The van der Waals surface area contributed by atoms with E-state index >= 15 is 0 Å². The minimum atomic E-state index is -1.55. The summed E-state index contributed by atoms with van der Waals surface area (Å²) in [5.74, 6) is 1.65. The van der Waals surface area contributed by atoms with Crippen molar-refractivity contribution in [2.24, 2.45) is 5.41 Å². The minimum absolute atomic E-state index is 0.266. The van der Waals surface area contributed by atoms with Gasteiger partial charge in [0.2, 0.25) is 11.5 Å². The number of rotatable bonds is 9. The van der Waals surface area contributed by atoms with Crippen LogP contribution < -0.4 is 28.4 Å². The number of methoxy groups -OCH3 is 6. The number of hydrogen-bond acceptors (Lipinski definition) is 9. The van der Waals surface area contributed by atoms with Gasteiger partial charge in [-0.1, -0.05) is 39.0 Å². The average molecular weight is 581 g/mol. The predicted molar refractivity (Wildman–Crippen MR) is 159 cm³/mol. The van der Waals surface area contributed by atoms with Gasteiger partial charge >= 0.3 is 5.97 Å². The molecule has 1 unspecified atom stereocenters. The van der Waals surface area contributed by atoms with Crippen LogP contribution in [0.25, 0.3) is 11.1 Å². The maximum atomic E-state index is 13.6. The van der Waals surface area contributed by atoms with Crippen LogP contribution in [0.15, 0.2) is 42.5 Å². The molecule has 4 rings (SSSR count). The van der Waals surface area contributed by atoms with Crippen molar-refractivity contribution in [3.05, 3.63) is 59.2 Å². The van der Waals surface area contributed by atoms with Crippen LogP contribution in [0.3, 0.4) is 0 Å². The maximum absolute atomic E-state index is 13.6. The van der Waals surface area contributed by atoms with E-state index in [1.807, 2.05) is 32.9 Å². The minimum Gasteiger partial charge on any atom is -0.493 e.